The Hall–Kier alpha value is -2.21. The highest BCUT2D eigenvalue weighted by Crippen LogP contribution is 2.31. The fourth-order valence-electron chi connectivity index (χ4n) is 3.15. The number of carbonyl (C=O) groups excluding carboxylic acids is 1. The Balaban J connectivity index is 1.81. The molecule has 4 nitrogen and oxygen atoms in total. The Bertz CT molecular complexity index is 749. The normalized spacial score (nSPS) is 19.9. The molecule has 3 rings (SSSR count). The van der Waals surface area contributed by atoms with Gasteiger partial charge < -0.3 is 15.4 Å². The fourth-order valence-corrected chi connectivity index (χ4v) is 3.15. The number of hydrogen-bond donors (Lipinski definition) is 2. The second kappa shape index (κ2) is 6.73. The standard InChI is InChI=1S/C18H20F2N2O2/c1-24-16-7-6-12-4-2-3-5-13(12)14(16)10-22-17(23)15-8-9-21-11-18(15,19)20/h2-7,15,21H,8-11H2,1H3,(H,22,23). The third-order valence-electron chi connectivity index (χ3n) is 4.45. The molecule has 1 aliphatic rings. The number of halogens is 2. The van der Waals surface area contributed by atoms with Crippen molar-refractivity contribution in [3.8, 4) is 5.75 Å². The molecule has 0 bridgehead atoms. The van der Waals surface area contributed by atoms with Crippen LogP contribution in [-0.2, 0) is 11.3 Å². The number of piperidine rings is 1. The van der Waals surface area contributed by atoms with E-state index in [4.69, 9.17) is 4.74 Å². The average Bonchev–Trinajstić information content (AvgIpc) is 2.58. The molecule has 1 amide bonds. The van der Waals surface area contributed by atoms with Gasteiger partial charge in [-0.3, -0.25) is 4.79 Å². The monoisotopic (exact) mass is 334 g/mol. The van der Waals surface area contributed by atoms with Crippen molar-refractivity contribution >= 4 is 16.7 Å². The number of fused-ring (bicyclic) bond motifs is 1. The van der Waals surface area contributed by atoms with E-state index in [1.54, 1.807) is 7.11 Å². The molecule has 0 saturated carbocycles. The van der Waals surface area contributed by atoms with E-state index >= 15 is 0 Å². The minimum atomic E-state index is -3.02. The van der Waals surface area contributed by atoms with Crippen LogP contribution in [0.25, 0.3) is 10.8 Å². The average molecular weight is 334 g/mol. The molecular weight excluding hydrogens is 314 g/mol. The largest absolute Gasteiger partial charge is 0.496 e. The maximum atomic E-state index is 13.9. The summed E-state index contributed by atoms with van der Waals surface area (Å²) in [4.78, 5) is 12.3. The van der Waals surface area contributed by atoms with Crippen LogP contribution < -0.4 is 15.4 Å². The number of alkyl halides is 2. The third kappa shape index (κ3) is 3.19. The Morgan fingerprint density at radius 1 is 1.33 bits per heavy atom. The summed E-state index contributed by atoms with van der Waals surface area (Å²) >= 11 is 0. The number of hydrogen-bond acceptors (Lipinski definition) is 3. The SMILES string of the molecule is COc1ccc2ccccc2c1CNC(=O)C1CCNCC1(F)F. The molecule has 1 saturated heterocycles. The van der Waals surface area contributed by atoms with Crippen molar-refractivity contribution in [2.24, 2.45) is 5.92 Å². The number of nitrogens with one attached hydrogen (secondary N) is 2. The van der Waals surface area contributed by atoms with Gasteiger partial charge in [0.15, 0.2) is 0 Å². The van der Waals surface area contributed by atoms with Gasteiger partial charge in [-0.15, -0.1) is 0 Å². The van der Waals surface area contributed by atoms with Crippen molar-refractivity contribution in [2.75, 3.05) is 20.2 Å². The predicted molar refractivity (Wildman–Crippen MR) is 88.3 cm³/mol. The van der Waals surface area contributed by atoms with E-state index < -0.39 is 24.3 Å². The third-order valence-corrected chi connectivity index (χ3v) is 4.45. The summed E-state index contributed by atoms with van der Waals surface area (Å²) in [5.41, 5.74) is 0.793. The molecule has 2 aromatic rings. The van der Waals surface area contributed by atoms with Crippen LogP contribution in [0.2, 0.25) is 0 Å². The van der Waals surface area contributed by atoms with E-state index in [1.165, 1.54) is 0 Å². The van der Waals surface area contributed by atoms with Crippen LogP contribution in [0.1, 0.15) is 12.0 Å². The molecule has 1 fully saturated rings. The predicted octanol–water partition coefficient (Wildman–Crippen LogP) is 2.71. The molecule has 6 heteroatoms. The Morgan fingerprint density at radius 3 is 2.88 bits per heavy atom. The first-order valence-electron chi connectivity index (χ1n) is 7.94. The summed E-state index contributed by atoms with van der Waals surface area (Å²) in [6, 6.07) is 11.5. The van der Waals surface area contributed by atoms with Gasteiger partial charge >= 0.3 is 0 Å². The minimum absolute atomic E-state index is 0.130. The van der Waals surface area contributed by atoms with Gasteiger partial charge in [0.25, 0.3) is 5.92 Å². The van der Waals surface area contributed by atoms with Crippen molar-refractivity contribution < 1.29 is 18.3 Å². The molecule has 0 radical (unpaired) electrons. The second-order valence-corrected chi connectivity index (χ2v) is 5.96. The van der Waals surface area contributed by atoms with Gasteiger partial charge in [0, 0.05) is 12.1 Å². The van der Waals surface area contributed by atoms with Gasteiger partial charge in [-0.05, 0) is 29.8 Å². The zero-order chi connectivity index (χ0) is 17.2. The molecule has 1 heterocycles. The summed E-state index contributed by atoms with van der Waals surface area (Å²) in [6.07, 6.45) is 0.130. The fraction of sp³-hybridized carbons (Fsp3) is 0.389. The lowest BCUT2D eigenvalue weighted by Gasteiger charge is -2.30. The van der Waals surface area contributed by atoms with Crippen molar-refractivity contribution in [1.82, 2.24) is 10.6 Å². The molecule has 128 valence electrons. The molecular formula is C18H20F2N2O2. The zero-order valence-corrected chi connectivity index (χ0v) is 13.4. The number of carbonyl (C=O) groups is 1. The lowest BCUT2D eigenvalue weighted by Crippen LogP contribution is -2.52. The molecule has 0 spiro atoms. The smallest absolute Gasteiger partial charge is 0.271 e. The van der Waals surface area contributed by atoms with Crippen LogP contribution >= 0.6 is 0 Å². The van der Waals surface area contributed by atoms with E-state index in [0.29, 0.717) is 12.3 Å². The van der Waals surface area contributed by atoms with Crippen molar-refractivity contribution in [1.29, 1.82) is 0 Å². The summed E-state index contributed by atoms with van der Waals surface area (Å²) in [7, 11) is 1.55. The Morgan fingerprint density at radius 2 is 2.12 bits per heavy atom. The maximum Gasteiger partial charge on any atom is 0.271 e. The Kier molecular flexibility index (Phi) is 4.66. The van der Waals surface area contributed by atoms with Gasteiger partial charge in [0.2, 0.25) is 5.91 Å². The van der Waals surface area contributed by atoms with Gasteiger partial charge in [-0.1, -0.05) is 30.3 Å². The zero-order valence-electron chi connectivity index (χ0n) is 13.4. The second-order valence-electron chi connectivity index (χ2n) is 5.96. The van der Waals surface area contributed by atoms with E-state index in [2.05, 4.69) is 10.6 Å². The van der Waals surface area contributed by atoms with Crippen LogP contribution in [0.3, 0.4) is 0 Å². The first-order valence-corrected chi connectivity index (χ1v) is 7.94. The summed E-state index contributed by atoms with van der Waals surface area (Å²) in [6.45, 7) is 0.122. The lowest BCUT2D eigenvalue weighted by atomic mass is 9.93. The minimum Gasteiger partial charge on any atom is -0.496 e. The maximum absolute atomic E-state index is 13.9. The van der Waals surface area contributed by atoms with Gasteiger partial charge in [-0.25, -0.2) is 8.78 Å². The van der Waals surface area contributed by atoms with Crippen LogP contribution in [0, 0.1) is 5.92 Å². The molecule has 24 heavy (non-hydrogen) atoms. The van der Waals surface area contributed by atoms with Crippen molar-refractivity contribution in [2.45, 2.75) is 18.9 Å². The molecule has 1 unspecified atom stereocenters. The topological polar surface area (TPSA) is 50.4 Å². The van der Waals surface area contributed by atoms with E-state index in [-0.39, 0.29) is 13.0 Å². The lowest BCUT2D eigenvalue weighted by molar-refractivity contribution is -0.142. The number of rotatable bonds is 4. The van der Waals surface area contributed by atoms with E-state index in [0.717, 1.165) is 16.3 Å². The quantitative estimate of drug-likeness (QED) is 0.904. The van der Waals surface area contributed by atoms with Gasteiger partial charge in [0.05, 0.1) is 13.7 Å². The van der Waals surface area contributed by atoms with Crippen LogP contribution in [-0.4, -0.2) is 32.0 Å². The summed E-state index contributed by atoms with van der Waals surface area (Å²) in [5, 5.41) is 7.24. The molecule has 2 N–H and O–H groups in total. The van der Waals surface area contributed by atoms with E-state index in [9.17, 15) is 13.6 Å². The molecule has 1 atom stereocenters. The van der Waals surface area contributed by atoms with Crippen molar-refractivity contribution in [3.05, 3.63) is 42.0 Å². The summed E-state index contributed by atoms with van der Waals surface area (Å²) < 4.78 is 33.2. The first-order chi connectivity index (χ1) is 11.5. The highest BCUT2D eigenvalue weighted by Gasteiger charge is 2.45. The number of amides is 1. The van der Waals surface area contributed by atoms with Gasteiger partial charge in [-0.2, -0.15) is 0 Å². The number of methoxy groups -OCH3 is 1. The molecule has 0 aliphatic carbocycles. The highest BCUT2D eigenvalue weighted by atomic mass is 19.3. The van der Waals surface area contributed by atoms with Crippen LogP contribution in [0.15, 0.2) is 36.4 Å². The number of benzene rings is 2. The summed E-state index contributed by atoms with van der Waals surface area (Å²) in [5.74, 6) is -4.30. The molecule has 2 aromatic carbocycles. The van der Waals surface area contributed by atoms with Crippen molar-refractivity contribution in [3.63, 3.8) is 0 Å². The molecule has 1 aliphatic heterocycles. The van der Waals surface area contributed by atoms with E-state index in [1.807, 2.05) is 36.4 Å². The van der Waals surface area contributed by atoms with Crippen LogP contribution in [0.5, 0.6) is 5.75 Å². The molecule has 0 aromatic heterocycles. The highest BCUT2D eigenvalue weighted by molar-refractivity contribution is 5.88. The van der Waals surface area contributed by atoms with Crippen LogP contribution in [0.4, 0.5) is 8.78 Å². The Labute approximate surface area is 139 Å². The first kappa shape index (κ1) is 16.6. The number of ether oxygens (including phenoxy) is 1. The van der Waals surface area contributed by atoms with Gasteiger partial charge in [0.1, 0.15) is 11.7 Å².